The minimum Gasteiger partial charge on any atom is -0.207 e. The fraction of sp³-hybridized carbons (Fsp3) is 0.143. The van der Waals surface area contributed by atoms with Gasteiger partial charge in [0.2, 0.25) is 0 Å². The Morgan fingerprint density at radius 1 is 1.00 bits per heavy atom. The highest BCUT2D eigenvalue weighted by Gasteiger charge is 2.17. The van der Waals surface area contributed by atoms with Crippen LogP contribution in [0.4, 0.5) is 13.2 Å². The van der Waals surface area contributed by atoms with E-state index in [1.807, 2.05) is 0 Å². The van der Waals surface area contributed by atoms with Gasteiger partial charge >= 0.3 is 0 Å². The molecule has 0 aliphatic rings. The van der Waals surface area contributed by atoms with Crippen molar-refractivity contribution in [3.05, 3.63) is 70.5 Å². The van der Waals surface area contributed by atoms with Crippen LogP contribution >= 0.6 is 15.9 Å². The van der Waals surface area contributed by atoms with Gasteiger partial charge in [-0.3, -0.25) is 0 Å². The van der Waals surface area contributed by atoms with Crippen molar-refractivity contribution in [2.45, 2.75) is 11.8 Å². The molecule has 4 heteroatoms. The van der Waals surface area contributed by atoms with Gasteiger partial charge in [0, 0.05) is 11.6 Å². The Morgan fingerprint density at radius 2 is 1.72 bits per heavy atom. The molecule has 0 nitrogen and oxygen atoms in total. The standard InChI is InChI=1S/C14H10BrF3/c1-8-5-11(13(18)7-12(8)17)14(15)9-3-2-4-10(16)6-9/h2-7,14H,1H3. The minimum atomic E-state index is -0.649. The average molecular weight is 315 g/mol. The molecule has 1 unspecified atom stereocenters. The van der Waals surface area contributed by atoms with Crippen molar-refractivity contribution in [1.29, 1.82) is 0 Å². The molecule has 0 spiro atoms. The highest BCUT2D eigenvalue weighted by molar-refractivity contribution is 9.09. The first-order valence-electron chi connectivity index (χ1n) is 5.34. The van der Waals surface area contributed by atoms with Crippen molar-refractivity contribution < 1.29 is 13.2 Å². The molecule has 18 heavy (non-hydrogen) atoms. The normalized spacial score (nSPS) is 12.5. The van der Waals surface area contributed by atoms with Gasteiger partial charge in [0.15, 0.2) is 0 Å². The van der Waals surface area contributed by atoms with Gasteiger partial charge in [-0.15, -0.1) is 0 Å². The van der Waals surface area contributed by atoms with Gasteiger partial charge in [0.1, 0.15) is 17.5 Å². The molecular weight excluding hydrogens is 305 g/mol. The lowest BCUT2D eigenvalue weighted by Gasteiger charge is -2.13. The van der Waals surface area contributed by atoms with Crippen molar-refractivity contribution in [1.82, 2.24) is 0 Å². The summed E-state index contributed by atoms with van der Waals surface area (Å²) in [5, 5.41) is 0. The van der Waals surface area contributed by atoms with Gasteiger partial charge in [-0.2, -0.15) is 0 Å². The third-order valence-corrected chi connectivity index (χ3v) is 3.71. The van der Waals surface area contributed by atoms with E-state index in [0.29, 0.717) is 16.7 Å². The minimum absolute atomic E-state index is 0.291. The summed E-state index contributed by atoms with van der Waals surface area (Å²) in [5.41, 5.74) is 1.23. The lowest BCUT2D eigenvalue weighted by Crippen LogP contribution is -1.99. The van der Waals surface area contributed by atoms with E-state index in [4.69, 9.17) is 0 Å². The van der Waals surface area contributed by atoms with Gasteiger partial charge < -0.3 is 0 Å². The van der Waals surface area contributed by atoms with Crippen LogP contribution in [0, 0.1) is 24.4 Å². The third kappa shape index (κ3) is 2.58. The first-order valence-corrected chi connectivity index (χ1v) is 6.25. The summed E-state index contributed by atoms with van der Waals surface area (Å²) in [6.45, 7) is 1.56. The first-order chi connectivity index (χ1) is 8.49. The Balaban J connectivity index is 2.46. The van der Waals surface area contributed by atoms with E-state index in [9.17, 15) is 13.2 Å². The molecule has 0 saturated carbocycles. The Bertz CT molecular complexity index is 581. The molecule has 0 saturated heterocycles. The van der Waals surface area contributed by atoms with Crippen LogP contribution < -0.4 is 0 Å². The van der Waals surface area contributed by atoms with E-state index in [1.165, 1.54) is 18.2 Å². The highest BCUT2D eigenvalue weighted by Crippen LogP contribution is 2.33. The summed E-state index contributed by atoms with van der Waals surface area (Å²) >= 11 is 3.31. The fourth-order valence-corrected chi connectivity index (χ4v) is 2.35. The van der Waals surface area contributed by atoms with Crippen molar-refractivity contribution in [3.63, 3.8) is 0 Å². The van der Waals surface area contributed by atoms with Crippen LogP contribution in [-0.4, -0.2) is 0 Å². The van der Waals surface area contributed by atoms with E-state index in [2.05, 4.69) is 15.9 Å². The zero-order chi connectivity index (χ0) is 13.3. The zero-order valence-corrected chi connectivity index (χ0v) is 11.1. The summed E-state index contributed by atoms with van der Waals surface area (Å²) in [5.74, 6) is -1.63. The molecule has 0 radical (unpaired) electrons. The topological polar surface area (TPSA) is 0 Å². The van der Waals surface area contributed by atoms with Crippen molar-refractivity contribution >= 4 is 15.9 Å². The van der Waals surface area contributed by atoms with Crippen LogP contribution in [-0.2, 0) is 0 Å². The average Bonchev–Trinajstić information content (AvgIpc) is 2.33. The molecule has 0 fully saturated rings. The second kappa shape index (κ2) is 5.14. The number of hydrogen-bond acceptors (Lipinski definition) is 0. The predicted molar refractivity (Wildman–Crippen MR) is 68.3 cm³/mol. The molecule has 0 bridgehead atoms. The molecule has 2 aromatic rings. The largest absolute Gasteiger partial charge is 0.207 e. The number of aryl methyl sites for hydroxylation is 1. The van der Waals surface area contributed by atoms with Crippen LogP contribution in [0.3, 0.4) is 0 Å². The molecular formula is C14H10BrF3. The number of halogens is 4. The van der Waals surface area contributed by atoms with E-state index in [1.54, 1.807) is 19.1 Å². The van der Waals surface area contributed by atoms with Crippen molar-refractivity contribution in [2.75, 3.05) is 0 Å². The van der Waals surface area contributed by atoms with Crippen LogP contribution in [0.25, 0.3) is 0 Å². The predicted octanol–water partition coefficient (Wildman–Crippen LogP) is 4.90. The van der Waals surface area contributed by atoms with Gasteiger partial charge in [0.25, 0.3) is 0 Å². The maximum absolute atomic E-state index is 13.7. The highest BCUT2D eigenvalue weighted by atomic mass is 79.9. The van der Waals surface area contributed by atoms with E-state index in [-0.39, 0.29) is 0 Å². The Kier molecular flexibility index (Phi) is 3.76. The summed E-state index contributed by atoms with van der Waals surface area (Å²) in [4.78, 5) is -0.507. The van der Waals surface area contributed by atoms with Crippen LogP contribution in [0.15, 0.2) is 36.4 Å². The zero-order valence-electron chi connectivity index (χ0n) is 9.55. The lowest BCUT2D eigenvalue weighted by atomic mass is 10.0. The monoisotopic (exact) mass is 314 g/mol. The van der Waals surface area contributed by atoms with Gasteiger partial charge in [-0.25, -0.2) is 13.2 Å². The number of hydrogen-bond donors (Lipinski definition) is 0. The van der Waals surface area contributed by atoms with E-state index in [0.717, 1.165) is 6.07 Å². The fourth-order valence-electron chi connectivity index (χ4n) is 1.72. The van der Waals surface area contributed by atoms with E-state index < -0.39 is 22.3 Å². The molecule has 2 rings (SSSR count). The van der Waals surface area contributed by atoms with Crippen LogP contribution in [0.1, 0.15) is 21.5 Å². The molecule has 0 N–H and O–H groups in total. The molecule has 0 aliphatic carbocycles. The summed E-state index contributed by atoms with van der Waals surface area (Å²) in [7, 11) is 0. The Labute approximate surface area is 112 Å². The molecule has 0 aromatic heterocycles. The molecule has 1 atom stereocenters. The second-order valence-electron chi connectivity index (χ2n) is 4.04. The number of benzene rings is 2. The maximum Gasteiger partial charge on any atom is 0.130 e. The molecule has 0 amide bonds. The number of rotatable bonds is 2. The third-order valence-electron chi connectivity index (χ3n) is 2.69. The van der Waals surface area contributed by atoms with E-state index >= 15 is 0 Å². The maximum atomic E-state index is 13.7. The van der Waals surface area contributed by atoms with Crippen molar-refractivity contribution in [2.24, 2.45) is 0 Å². The van der Waals surface area contributed by atoms with Gasteiger partial charge in [-0.05, 0) is 36.2 Å². The van der Waals surface area contributed by atoms with Crippen LogP contribution in [0.2, 0.25) is 0 Å². The second-order valence-corrected chi connectivity index (χ2v) is 4.96. The lowest BCUT2D eigenvalue weighted by molar-refractivity contribution is 0.568. The summed E-state index contributed by atoms with van der Waals surface area (Å²) < 4.78 is 40.0. The van der Waals surface area contributed by atoms with Gasteiger partial charge in [-0.1, -0.05) is 28.1 Å². The summed E-state index contributed by atoms with van der Waals surface area (Å²) in [6.07, 6.45) is 0. The SMILES string of the molecule is Cc1cc(C(Br)c2cccc(F)c2)c(F)cc1F. The molecule has 0 aliphatic heterocycles. The number of alkyl halides is 1. The smallest absolute Gasteiger partial charge is 0.130 e. The molecule has 94 valence electrons. The Morgan fingerprint density at radius 3 is 2.39 bits per heavy atom. The quantitative estimate of drug-likeness (QED) is 0.692. The first kappa shape index (κ1) is 13.1. The Hall–Kier alpha value is -1.29. The summed E-state index contributed by atoms with van der Waals surface area (Å²) in [6, 6.07) is 8.13. The molecule has 0 heterocycles. The van der Waals surface area contributed by atoms with Crippen molar-refractivity contribution in [3.8, 4) is 0 Å². The van der Waals surface area contributed by atoms with Crippen LogP contribution in [0.5, 0.6) is 0 Å². The molecule has 2 aromatic carbocycles. The van der Waals surface area contributed by atoms with Gasteiger partial charge in [0.05, 0.1) is 4.83 Å².